The lowest BCUT2D eigenvalue weighted by Gasteiger charge is -2.24. The lowest BCUT2D eigenvalue weighted by atomic mass is 10.2. The van der Waals surface area contributed by atoms with Gasteiger partial charge in [-0.2, -0.15) is 0 Å². The second-order valence-electron chi connectivity index (χ2n) is 6.92. The second-order valence-corrected chi connectivity index (χ2v) is 9.22. The SMILES string of the molecule is COc1ccc(S(=O)(=O)N(CC(=O)Nc2cccc(C)c2)c2ccc(Cl)cc2)cc1OC. The molecule has 0 radical (unpaired) electrons. The van der Waals surface area contributed by atoms with Crippen LogP contribution in [0.5, 0.6) is 11.5 Å². The Kier molecular flexibility index (Phi) is 7.27. The number of anilines is 2. The lowest BCUT2D eigenvalue weighted by molar-refractivity contribution is -0.114. The topological polar surface area (TPSA) is 84.9 Å². The maximum Gasteiger partial charge on any atom is 0.264 e. The van der Waals surface area contributed by atoms with E-state index >= 15 is 0 Å². The van der Waals surface area contributed by atoms with Gasteiger partial charge in [-0.05, 0) is 61.0 Å². The zero-order valence-electron chi connectivity index (χ0n) is 17.8. The van der Waals surface area contributed by atoms with E-state index in [1.54, 1.807) is 36.4 Å². The minimum atomic E-state index is -4.13. The largest absolute Gasteiger partial charge is 0.493 e. The van der Waals surface area contributed by atoms with E-state index in [-0.39, 0.29) is 10.6 Å². The number of rotatable bonds is 8. The fourth-order valence-corrected chi connectivity index (χ4v) is 4.64. The third kappa shape index (κ3) is 5.33. The molecule has 1 N–H and O–H groups in total. The van der Waals surface area contributed by atoms with Crippen molar-refractivity contribution in [3.63, 3.8) is 0 Å². The number of amides is 1. The standard InChI is InChI=1S/C23H23ClN2O5S/c1-16-5-4-6-18(13-16)25-23(27)15-26(19-9-7-17(24)8-10-19)32(28,29)20-11-12-21(30-2)22(14-20)31-3/h4-14H,15H2,1-3H3,(H,25,27). The van der Waals surface area contributed by atoms with E-state index in [2.05, 4.69) is 5.32 Å². The number of halogens is 1. The van der Waals surface area contributed by atoms with E-state index in [0.717, 1.165) is 9.87 Å². The molecule has 3 aromatic carbocycles. The van der Waals surface area contributed by atoms with Crippen LogP contribution >= 0.6 is 11.6 Å². The Morgan fingerprint density at radius 2 is 1.66 bits per heavy atom. The molecule has 0 atom stereocenters. The number of hydrogen-bond donors (Lipinski definition) is 1. The van der Waals surface area contributed by atoms with Gasteiger partial charge >= 0.3 is 0 Å². The first-order chi connectivity index (χ1) is 15.2. The second kappa shape index (κ2) is 9.93. The van der Waals surface area contributed by atoms with Gasteiger partial charge in [0.15, 0.2) is 11.5 Å². The Labute approximate surface area is 192 Å². The van der Waals surface area contributed by atoms with Crippen molar-refractivity contribution in [2.45, 2.75) is 11.8 Å². The van der Waals surface area contributed by atoms with Crippen molar-refractivity contribution in [2.75, 3.05) is 30.4 Å². The number of nitrogens with one attached hydrogen (secondary N) is 1. The van der Waals surface area contributed by atoms with Gasteiger partial charge in [-0.25, -0.2) is 8.42 Å². The molecular weight excluding hydrogens is 452 g/mol. The molecule has 0 saturated heterocycles. The van der Waals surface area contributed by atoms with Crippen LogP contribution in [-0.4, -0.2) is 35.1 Å². The molecule has 3 rings (SSSR count). The van der Waals surface area contributed by atoms with Gasteiger partial charge in [0, 0.05) is 16.8 Å². The first-order valence-electron chi connectivity index (χ1n) is 9.61. The molecule has 0 fully saturated rings. The number of nitrogens with zero attached hydrogens (tertiary/aromatic N) is 1. The number of methoxy groups -OCH3 is 2. The summed E-state index contributed by atoms with van der Waals surface area (Å²) in [5.41, 5.74) is 1.84. The van der Waals surface area contributed by atoms with E-state index in [1.807, 2.05) is 19.1 Å². The summed E-state index contributed by atoms with van der Waals surface area (Å²) < 4.78 is 38.5. The van der Waals surface area contributed by atoms with Crippen molar-refractivity contribution in [2.24, 2.45) is 0 Å². The molecule has 32 heavy (non-hydrogen) atoms. The minimum Gasteiger partial charge on any atom is -0.493 e. The zero-order valence-corrected chi connectivity index (χ0v) is 19.4. The van der Waals surface area contributed by atoms with Crippen LogP contribution in [0.4, 0.5) is 11.4 Å². The number of hydrogen-bond acceptors (Lipinski definition) is 5. The molecule has 0 aliphatic heterocycles. The highest BCUT2D eigenvalue weighted by molar-refractivity contribution is 7.92. The monoisotopic (exact) mass is 474 g/mol. The molecule has 0 aliphatic carbocycles. The van der Waals surface area contributed by atoms with Crippen molar-refractivity contribution >= 4 is 38.9 Å². The van der Waals surface area contributed by atoms with E-state index in [1.165, 1.54) is 32.4 Å². The summed E-state index contributed by atoms with van der Waals surface area (Å²) >= 11 is 5.97. The molecule has 0 unspecified atom stereocenters. The molecular formula is C23H23ClN2O5S. The number of aryl methyl sites for hydroxylation is 1. The van der Waals surface area contributed by atoms with Gasteiger partial charge in [-0.3, -0.25) is 9.10 Å². The van der Waals surface area contributed by atoms with Crippen LogP contribution < -0.4 is 19.1 Å². The van der Waals surface area contributed by atoms with Crippen molar-refractivity contribution in [1.29, 1.82) is 0 Å². The number of carbonyl (C=O) groups is 1. The molecule has 0 saturated carbocycles. The predicted octanol–water partition coefficient (Wildman–Crippen LogP) is 4.50. The van der Waals surface area contributed by atoms with Crippen LogP contribution in [0.25, 0.3) is 0 Å². The number of ether oxygens (including phenoxy) is 2. The van der Waals surface area contributed by atoms with Gasteiger partial charge in [-0.15, -0.1) is 0 Å². The van der Waals surface area contributed by atoms with Crippen LogP contribution in [0, 0.1) is 6.92 Å². The highest BCUT2D eigenvalue weighted by Crippen LogP contribution is 2.32. The third-order valence-electron chi connectivity index (χ3n) is 4.65. The minimum absolute atomic E-state index is 0.0477. The molecule has 0 bridgehead atoms. The van der Waals surface area contributed by atoms with Crippen LogP contribution in [0.15, 0.2) is 71.6 Å². The van der Waals surface area contributed by atoms with Crippen molar-refractivity contribution < 1.29 is 22.7 Å². The van der Waals surface area contributed by atoms with E-state index in [0.29, 0.717) is 22.1 Å². The molecule has 0 heterocycles. The molecule has 0 aliphatic rings. The summed E-state index contributed by atoms with van der Waals surface area (Å²) in [6.07, 6.45) is 0. The summed E-state index contributed by atoms with van der Waals surface area (Å²) in [6, 6.07) is 17.7. The first-order valence-corrected chi connectivity index (χ1v) is 11.4. The van der Waals surface area contributed by atoms with Gasteiger partial charge in [0.05, 0.1) is 24.8 Å². The fraction of sp³-hybridized carbons (Fsp3) is 0.174. The normalized spacial score (nSPS) is 11.0. The summed E-state index contributed by atoms with van der Waals surface area (Å²) in [7, 11) is -1.25. The van der Waals surface area contributed by atoms with Crippen LogP contribution in [0.3, 0.4) is 0 Å². The average Bonchev–Trinajstić information content (AvgIpc) is 2.77. The Balaban J connectivity index is 1.98. The highest BCUT2D eigenvalue weighted by Gasteiger charge is 2.28. The molecule has 168 valence electrons. The number of benzene rings is 3. The molecule has 0 spiro atoms. The van der Waals surface area contributed by atoms with Gasteiger partial charge in [0.2, 0.25) is 5.91 Å². The maximum atomic E-state index is 13.5. The van der Waals surface area contributed by atoms with Crippen molar-refractivity contribution in [3.8, 4) is 11.5 Å². The van der Waals surface area contributed by atoms with Gasteiger partial charge in [-0.1, -0.05) is 23.7 Å². The van der Waals surface area contributed by atoms with E-state index in [4.69, 9.17) is 21.1 Å². The molecule has 0 aromatic heterocycles. The van der Waals surface area contributed by atoms with Gasteiger partial charge in [0.1, 0.15) is 6.54 Å². The molecule has 7 nitrogen and oxygen atoms in total. The van der Waals surface area contributed by atoms with E-state index < -0.39 is 22.5 Å². The predicted molar refractivity (Wildman–Crippen MR) is 125 cm³/mol. The fourth-order valence-electron chi connectivity index (χ4n) is 3.08. The summed E-state index contributed by atoms with van der Waals surface area (Å²) in [4.78, 5) is 12.7. The van der Waals surface area contributed by atoms with Gasteiger partial charge in [0.25, 0.3) is 10.0 Å². The molecule has 1 amide bonds. The number of sulfonamides is 1. The Morgan fingerprint density at radius 1 is 0.969 bits per heavy atom. The first kappa shape index (κ1) is 23.4. The quantitative estimate of drug-likeness (QED) is 0.519. The van der Waals surface area contributed by atoms with Crippen molar-refractivity contribution in [3.05, 3.63) is 77.3 Å². The zero-order chi connectivity index (χ0) is 23.3. The Hall–Kier alpha value is -3.23. The van der Waals surface area contributed by atoms with Gasteiger partial charge < -0.3 is 14.8 Å². The lowest BCUT2D eigenvalue weighted by Crippen LogP contribution is -2.38. The highest BCUT2D eigenvalue weighted by atomic mass is 35.5. The van der Waals surface area contributed by atoms with E-state index in [9.17, 15) is 13.2 Å². The summed E-state index contributed by atoms with van der Waals surface area (Å²) in [5, 5.41) is 3.19. The van der Waals surface area contributed by atoms with Crippen LogP contribution in [-0.2, 0) is 14.8 Å². The van der Waals surface area contributed by atoms with Crippen molar-refractivity contribution in [1.82, 2.24) is 0 Å². The van der Waals surface area contributed by atoms with Crippen LogP contribution in [0.2, 0.25) is 5.02 Å². The Bertz CT molecular complexity index is 1210. The summed E-state index contributed by atoms with van der Waals surface area (Å²) in [6.45, 7) is 1.46. The summed E-state index contributed by atoms with van der Waals surface area (Å²) in [5.74, 6) is 0.158. The van der Waals surface area contributed by atoms with Crippen LogP contribution in [0.1, 0.15) is 5.56 Å². The number of carbonyl (C=O) groups excluding carboxylic acids is 1. The average molecular weight is 475 g/mol. The molecule has 3 aromatic rings. The third-order valence-corrected chi connectivity index (χ3v) is 6.67. The smallest absolute Gasteiger partial charge is 0.264 e. The Morgan fingerprint density at radius 3 is 2.28 bits per heavy atom. The maximum absolute atomic E-state index is 13.5. The molecule has 9 heteroatoms.